The molecule has 2 aromatic rings. The molecule has 1 aliphatic heterocycles. The largest absolute Gasteiger partial charge is 0.497 e. The van der Waals surface area contributed by atoms with Crippen LogP contribution in [0.3, 0.4) is 0 Å². The second kappa shape index (κ2) is 7.47. The Morgan fingerprint density at radius 2 is 2.04 bits per heavy atom. The van der Waals surface area contributed by atoms with Gasteiger partial charge in [-0.05, 0) is 37.6 Å². The molecule has 4 heteroatoms. The van der Waals surface area contributed by atoms with Gasteiger partial charge in [-0.1, -0.05) is 18.6 Å². The van der Waals surface area contributed by atoms with Crippen LogP contribution in [0.25, 0.3) is 0 Å². The van der Waals surface area contributed by atoms with Crippen molar-refractivity contribution in [1.82, 2.24) is 9.88 Å². The van der Waals surface area contributed by atoms with E-state index in [-0.39, 0.29) is 0 Å². The summed E-state index contributed by atoms with van der Waals surface area (Å²) in [6, 6.07) is 12.6. The Labute approximate surface area is 138 Å². The second-order valence-corrected chi connectivity index (χ2v) is 5.91. The van der Waals surface area contributed by atoms with Gasteiger partial charge in [0.25, 0.3) is 0 Å². The number of rotatable bonds is 5. The van der Waals surface area contributed by atoms with E-state index in [0.29, 0.717) is 6.04 Å². The molecule has 2 heterocycles. The molecule has 0 amide bonds. The third kappa shape index (κ3) is 3.64. The molecule has 1 aromatic carbocycles. The van der Waals surface area contributed by atoms with Crippen LogP contribution in [0.2, 0.25) is 0 Å². The van der Waals surface area contributed by atoms with Crippen molar-refractivity contribution in [1.29, 1.82) is 0 Å². The lowest BCUT2D eigenvalue weighted by molar-refractivity contribution is 0.136. The van der Waals surface area contributed by atoms with Gasteiger partial charge in [-0.2, -0.15) is 0 Å². The fourth-order valence-electron chi connectivity index (χ4n) is 3.29. The minimum absolute atomic E-state index is 0.386. The van der Waals surface area contributed by atoms with Crippen LogP contribution in [-0.2, 0) is 6.54 Å². The minimum atomic E-state index is 0.386. The molecule has 1 atom stereocenters. The summed E-state index contributed by atoms with van der Waals surface area (Å²) in [6.07, 6.45) is 5.55. The molecule has 122 valence electrons. The number of hydrogen-bond acceptors (Lipinski definition) is 4. The lowest BCUT2D eigenvalue weighted by Crippen LogP contribution is -2.33. The van der Waals surface area contributed by atoms with Crippen LogP contribution in [0.4, 0.5) is 0 Å². The summed E-state index contributed by atoms with van der Waals surface area (Å²) >= 11 is 0. The van der Waals surface area contributed by atoms with Gasteiger partial charge >= 0.3 is 0 Å². The summed E-state index contributed by atoms with van der Waals surface area (Å²) in [6.45, 7) is 1.96. The van der Waals surface area contributed by atoms with Crippen molar-refractivity contribution in [3.8, 4) is 11.5 Å². The van der Waals surface area contributed by atoms with E-state index in [2.05, 4.69) is 28.1 Å². The number of aromatic nitrogens is 1. The monoisotopic (exact) mass is 312 g/mol. The minimum Gasteiger partial charge on any atom is -0.497 e. The van der Waals surface area contributed by atoms with Gasteiger partial charge in [0.05, 0.1) is 26.0 Å². The molecule has 4 nitrogen and oxygen atoms in total. The highest BCUT2D eigenvalue weighted by Gasteiger charge is 2.25. The summed E-state index contributed by atoms with van der Waals surface area (Å²) < 4.78 is 10.8. The Morgan fingerprint density at radius 1 is 1.13 bits per heavy atom. The summed E-state index contributed by atoms with van der Waals surface area (Å²) in [5, 5.41) is 0. The maximum absolute atomic E-state index is 5.55. The van der Waals surface area contributed by atoms with Crippen LogP contribution >= 0.6 is 0 Å². The summed E-state index contributed by atoms with van der Waals surface area (Å²) in [7, 11) is 3.39. The quantitative estimate of drug-likeness (QED) is 0.840. The van der Waals surface area contributed by atoms with Gasteiger partial charge in [-0.15, -0.1) is 0 Å². The summed E-state index contributed by atoms with van der Waals surface area (Å²) in [5.74, 6) is 1.71. The van der Waals surface area contributed by atoms with Gasteiger partial charge < -0.3 is 9.47 Å². The third-order valence-corrected chi connectivity index (χ3v) is 4.51. The first kappa shape index (κ1) is 15.8. The van der Waals surface area contributed by atoms with E-state index >= 15 is 0 Å². The van der Waals surface area contributed by atoms with Gasteiger partial charge in [0, 0.05) is 24.4 Å². The molecular formula is C19H24N2O2. The Kier molecular flexibility index (Phi) is 5.13. The maximum Gasteiger partial charge on any atom is 0.127 e. The number of ether oxygens (including phenoxy) is 2. The van der Waals surface area contributed by atoms with Crippen molar-refractivity contribution >= 4 is 0 Å². The normalized spacial score (nSPS) is 18.6. The van der Waals surface area contributed by atoms with Crippen LogP contribution in [0, 0.1) is 0 Å². The SMILES string of the molecule is COc1ccc(CN2CCCCC2c2ccccn2)c(OC)c1. The van der Waals surface area contributed by atoms with E-state index < -0.39 is 0 Å². The van der Waals surface area contributed by atoms with E-state index in [9.17, 15) is 0 Å². The molecule has 1 unspecified atom stereocenters. The van der Waals surface area contributed by atoms with Crippen molar-refractivity contribution in [2.45, 2.75) is 31.8 Å². The highest BCUT2D eigenvalue weighted by atomic mass is 16.5. The molecule has 1 saturated heterocycles. The van der Waals surface area contributed by atoms with Gasteiger partial charge in [0.1, 0.15) is 11.5 Å². The zero-order valence-electron chi connectivity index (χ0n) is 13.9. The van der Waals surface area contributed by atoms with Gasteiger partial charge in [0.2, 0.25) is 0 Å². The predicted molar refractivity (Wildman–Crippen MR) is 90.8 cm³/mol. The lowest BCUT2D eigenvalue weighted by Gasteiger charge is -2.35. The molecule has 1 aliphatic rings. The molecule has 3 rings (SSSR count). The Bertz CT molecular complexity index is 631. The van der Waals surface area contributed by atoms with E-state index in [0.717, 1.165) is 31.0 Å². The van der Waals surface area contributed by atoms with Gasteiger partial charge in [-0.25, -0.2) is 0 Å². The first-order valence-corrected chi connectivity index (χ1v) is 8.17. The van der Waals surface area contributed by atoms with Crippen LogP contribution < -0.4 is 9.47 Å². The first-order chi connectivity index (χ1) is 11.3. The Morgan fingerprint density at radius 3 is 2.78 bits per heavy atom. The molecule has 0 radical (unpaired) electrons. The molecule has 1 fully saturated rings. The average Bonchev–Trinajstić information content (AvgIpc) is 2.63. The van der Waals surface area contributed by atoms with Crippen molar-refractivity contribution in [3.63, 3.8) is 0 Å². The lowest BCUT2D eigenvalue weighted by atomic mass is 9.98. The Balaban J connectivity index is 1.82. The number of hydrogen-bond donors (Lipinski definition) is 0. The Hall–Kier alpha value is -2.07. The number of piperidine rings is 1. The van der Waals surface area contributed by atoms with Gasteiger partial charge in [-0.3, -0.25) is 9.88 Å². The molecule has 0 aliphatic carbocycles. The van der Waals surface area contributed by atoms with E-state index in [4.69, 9.17) is 9.47 Å². The molecule has 0 bridgehead atoms. The van der Waals surface area contributed by atoms with Crippen LogP contribution in [0.1, 0.15) is 36.6 Å². The standard InChI is InChI=1S/C19H24N2O2/c1-22-16-10-9-15(19(13-16)23-2)14-21-12-6-4-8-18(21)17-7-3-5-11-20-17/h3,5,7,9-11,13,18H,4,6,8,12,14H2,1-2H3. The molecule has 1 aromatic heterocycles. The van der Waals surface area contributed by atoms with E-state index in [1.165, 1.54) is 24.1 Å². The summed E-state index contributed by atoms with van der Waals surface area (Å²) in [4.78, 5) is 7.08. The zero-order chi connectivity index (χ0) is 16.1. The van der Waals surface area contributed by atoms with Crippen LogP contribution in [0.5, 0.6) is 11.5 Å². The molecule has 0 N–H and O–H groups in total. The van der Waals surface area contributed by atoms with Crippen LogP contribution in [-0.4, -0.2) is 30.6 Å². The number of benzene rings is 1. The molecule has 23 heavy (non-hydrogen) atoms. The highest BCUT2D eigenvalue weighted by molar-refractivity contribution is 5.40. The second-order valence-electron chi connectivity index (χ2n) is 5.91. The zero-order valence-corrected chi connectivity index (χ0v) is 13.9. The van der Waals surface area contributed by atoms with Crippen molar-refractivity contribution in [2.24, 2.45) is 0 Å². The van der Waals surface area contributed by atoms with Crippen molar-refractivity contribution < 1.29 is 9.47 Å². The average molecular weight is 312 g/mol. The predicted octanol–water partition coefficient (Wildman–Crippen LogP) is 3.83. The van der Waals surface area contributed by atoms with Crippen molar-refractivity contribution in [3.05, 3.63) is 53.9 Å². The van der Waals surface area contributed by atoms with Crippen LogP contribution in [0.15, 0.2) is 42.6 Å². The third-order valence-electron chi connectivity index (χ3n) is 4.51. The number of nitrogens with zero attached hydrogens (tertiary/aromatic N) is 2. The van der Waals surface area contributed by atoms with Crippen molar-refractivity contribution in [2.75, 3.05) is 20.8 Å². The van der Waals surface area contributed by atoms with E-state index in [1.807, 2.05) is 24.4 Å². The topological polar surface area (TPSA) is 34.6 Å². The first-order valence-electron chi connectivity index (χ1n) is 8.17. The fourth-order valence-corrected chi connectivity index (χ4v) is 3.29. The number of methoxy groups -OCH3 is 2. The number of likely N-dealkylation sites (tertiary alicyclic amines) is 1. The molecule has 0 spiro atoms. The summed E-state index contributed by atoms with van der Waals surface area (Å²) in [5.41, 5.74) is 2.36. The maximum atomic E-state index is 5.55. The smallest absolute Gasteiger partial charge is 0.127 e. The molecule has 0 saturated carbocycles. The van der Waals surface area contributed by atoms with Gasteiger partial charge in [0.15, 0.2) is 0 Å². The number of pyridine rings is 1. The van der Waals surface area contributed by atoms with E-state index in [1.54, 1.807) is 14.2 Å². The molecular weight excluding hydrogens is 288 g/mol. The highest BCUT2D eigenvalue weighted by Crippen LogP contribution is 2.33. The fraction of sp³-hybridized carbons (Fsp3) is 0.421.